The highest BCUT2D eigenvalue weighted by Crippen LogP contribution is 2.41. The predicted molar refractivity (Wildman–Crippen MR) is 134 cm³/mol. The van der Waals surface area contributed by atoms with Crippen LogP contribution in [0.25, 0.3) is 33.3 Å². The van der Waals surface area contributed by atoms with Crippen molar-refractivity contribution in [3.63, 3.8) is 0 Å². The second-order valence-corrected chi connectivity index (χ2v) is 9.38. The number of anilines is 1. The summed E-state index contributed by atoms with van der Waals surface area (Å²) in [6.07, 6.45) is 14.8. The second kappa shape index (κ2) is 7.81. The van der Waals surface area contributed by atoms with E-state index in [0.717, 1.165) is 64.9 Å². The van der Waals surface area contributed by atoms with Gasteiger partial charge in [0, 0.05) is 35.3 Å². The van der Waals surface area contributed by atoms with Gasteiger partial charge in [-0.2, -0.15) is 0 Å². The molecule has 166 valence electrons. The van der Waals surface area contributed by atoms with Crippen molar-refractivity contribution in [3.8, 4) is 11.3 Å². The molecule has 2 N–H and O–H groups in total. The minimum absolute atomic E-state index is 0.427. The van der Waals surface area contributed by atoms with E-state index in [0.29, 0.717) is 17.8 Å². The minimum Gasteiger partial charge on any atom is -0.382 e. The first-order valence-corrected chi connectivity index (χ1v) is 11.7. The van der Waals surface area contributed by atoms with Gasteiger partial charge >= 0.3 is 0 Å². The number of aromatic nitrogens is 4. The summed E-state index contributed by atoms with van der Waals surface area (Å²) < 4.78 is 2.14. The van der Waals surface area contributed by atoms with Gasteiger partial charge in [-0.3, -0.25) is 4.40 Å². The lowest BCUT2D eigenvalue weighted by molar-refractivity contribution is 0.161. The molecular formula is C27H28N6. The monoisotopic (exact) mass is 436 g/mol. The minimum atomic E-state index is 0.427. The molecule has 0 bridgehead atoms. The van der Waals surface area contributed by atoms with Crippen LogP contribution in [0.4, 0.5) is 5.82 Å². The van der Waals surface area contributed by atoms with E-state index < -0.39 is 0 Å². The van der Waals surface area contributed by atoms with Gasteiger partial charge < -0.3 is 10.6 Å². The van der Waals surface area contributed by atoms with Gasteiger partial charge in [0.2, 0.25) is 0 Å². The fourth-order valence-electron chi connectivity index (χ4n) is 5.03. The number of imidazole rings is 1. The summed E-state index contributed by atoms with van der Waals surface area (Å²) in [5, 5.41) is 1.12. The fraction of sp³-hybridized carbons (Fsp3) is 0.296. The predicted octanol–water partition coefficient (Wildman–Crippen LogP) is 5.07. The van der Waals surface area contributed by atoms with E-state index in [4.69, 9.17) is 15.7 Å². The number of fused-ring (bicyclic) bond motifs is 2. The van der Waals surface area contributed by atoms with Gasteiger partial charge in [-0.1, -0.05) is 36.4 Å². The van der Waals surface area contributed by atoms with Gasteiger partial charge in [-0.25, -0.2) is 15.0 Å². The number of nitrogens with two attached hydrogens (primary N) is 1. The summed E-state index contributed by atoms with van der Waals surface area (Å²) in [4.78, 5) is 16.8. The van der Waals surface area contributed by atoms with Gasteiger partial charge in [-0.15, -0.1) is 0 Å². The lowest BCUT2D eigenvalue weighted by Gasteiger charge is -2.38. The lowest BCUT2D eigenvalue weighted by atomic mass is 9.79. The Morgan fingerprint density at radius 1 is 1.06 bits per heavy atom. The Labute approximate surface area is 193 Å². The highest BCUT2D eigenvalue weighted by Gasteiger charge is 2.35. The first kappa shape index (κ1) is 20.1. The van der Waals surface area contributed by atoms with Crippen molar-refractivity contribution in [2.24, 2.45) is 0 Å². The molecule has 0 aliphatic heterocycles. The number of nitrogens with zero attached hydrogens (tertiary/aromatic N) is 5. The van der Waals surface area contributed by atoms with Crippen molar-refractivity contribution in [3.05, 3.63) is 72.5 Å². The molecule has 0 amide bonds. The van der Waals surface area contributed by atoms with Gasteiger partial charge in [0.25, 0.3) is 0 Å². The zero-order chi connectivity index (χ0) is 22.5. The summed E-state index contributed by atoms with van der Waals surface area (Å²) in [5.74, 6) is 2.01. The smallest absolute Gasteiger partial charge is 0.150 e. The first-order valence-electron chi connectivity index (χ1n) is 11.7. The van der Waals surface area contributed by atoms with Crippen molar-refractivity contribution in [2.75, 3.05) is 19.8 Å². The lowest BCUT2D eigenvalue weighted by Crippen LogP contribution is -2.39. The molecule has 0 unspecified atom stereocenters. The Morgan fingerprint density at radius 2 is 1.91 bits per heavy atom. The Balaban J connectivity index is 1.45. The van der Waals surface area contributed by atoms with Crippen molar-refractivity contribution < 1.29 is 0 Å². The SMILES string of the molecule is CN(C)C1CC(c2nc(-c3ccc4ccc(C5=CCCC=C5)nc4c3)c3c(N)nccn23)C1. The molecule has 6 heteroatoms. The van der Waals surface area contributed by atoms with Crippen LogP contribution < -0.4 is 5.73 Å². The largest absolute Gasteiger partial charge is 0.382 e. The van der Waals surface area contributed by atoms with Gasteiger partial charge in [-0.05, 0) is 57.5 Å². The van der Waals surface area contributed by atoms with Crippen LogP contribution in [-0.2, 0) is 0 Å². The molecule has 3 heterocycles. The first-order chi connectivity index (χ1) is 16.1. The van der Waals surface area contributed by atoms with Crippen LogP contribution in [0.3, 0.4) is 0 Å². The molecular weight excluding hydrogens is 408 g/mol. The number of hydrogen-bond donors (Lipinski definition) is 1. The number of benzene rings is 1. The molecule has 6 rings (SSSR count). The van der Waals surface area contributed by atoms with E-state index in [2.05, 4.69) is 76.9 Å². The average molecular weight is 437 g/mol. The van der Waals surface area contributed by atoms with Gasteiger partial charge in [0.1, 0.15) is 22.9 Å². The highest BCUT2D eigenvalue weighted by molar-refractivity contribution is 5.91. The molecule has 1 fully saturated rings. The van der Waals surface area contributed by atoms with Gasteiger partial charge in [0.15, 0.2) is 0 Å². The molecule has 1 aromatic carbocycles. The van der Waals surface area contributed by atoms with E-state index in [9.17, 15) is 0 Å². The van der Waals surface area contributed by atoms with E-state index in [1.54, 1.807) is 6.20 Å². The molecule has 0 saturated heterocycles. The topological polar surface area (TPSA) is 72.3 Å². The molecule has 0 atom stereocenters. The number of hydrogen-bond acceptors (Lipinski definition) is 5. The van der Waals surface area contributed by atoms with Crippen molar-refractivity contribution in [2.45, 2.75) is 37.6 Å². The summed E-state index contributed by atoms with van der Waals surface area (Å²) in [7, 11) is 4.29. The Bertz CT molecular complexity index is 1420. The van der Waals surface area contributed by atoms with Crippen LogP contribution in [0.2, 0.25) is 0 Å². The van der Waals surface area contributed by atoms with Crippen LogP contribution >= 0.6 is 0 Å². The van der Waals surface area contributed by atoms with E-state index >= 15 is 0 Å². The maximum Gasteiger partial charge on any atom is 0.150 e. The van der Waals surface area contributed by atoms with Crippen LogP contribution in [0.5, 0.6) is 0 Å². The molecule has 0 radical (unpaired) electrons. The average Bonchev–Trinajstić information content (AvgIpc) is 3.18. The third-order valence-corrected chi connectivity index (χ3v) is 7.08. The van der Waals surface area contributed by atoms with Gasteiger partial charge in [0.05, 0.1) is 11.2 Å². The Hall–Kier alpha value is -3.51. The van der Waals surface area contributed by atoms with E-state index in [-0.39, 0.29) is 0 Å². The standard InChI is InChI=1S/C27H28N6/c1-32(2)21-14-20(15-21)27-31-24(25-26(28)29-12-13-33(25)27)19-9-8-18-10-11-22(30-23(18)16-19)17-6-4-3-5-7-17/h4,6-13,16,20-21H,3,5,14-15H2,1-2H3,(H2,28,29). The van der Waals surface area contributed by atoms with Crippen LogP contribution in [0, 0.1) is 0 Å². The Morgan fingerprint density at radius 3 is 2.70 bits per heavy atom. The highest BCUT2D eigenvalue weighted by atomic mass is 15.1. The van der Waals surface area contributed by atoms with Crippen molar-refractivity contribution in [1.82, 2.24) is 24.3 Å². The van der Waals surface area contributed by atoms with Crippen LogP contribution in [-0.4, -0.2) is 44.4 Å². The second-order valence-electron chi connectivity index (χ2n) is 9.38. The maximum atomic E-state index is 6.37. The summed E-state index contributed by atoms with van der Waals surface area (Å²) in [6.45, 7) is 0. The summed E-state index contributed by atoms with van der Waals surface area (Å²) in [5.41, 5.74) is 12.3. The zero-order valence-electron chi connectivity index (χ0n) is 19.1. The quantitative estimate of drug-likeness (QED) is 0.484. The molecule has 6 nitrogen and oxygen atoms in total. The molecule has 2 aliphatic carbocycles. The molecule has 1 saturated carbocycles. The zero-order valence-corrected chi connectivity index (χ0v) is 19.1. The molecule has 33 heavy (non-hydrogen) atoms. The normalized spacial score (nSPS) is 20.4. The maximum absolute atomic E-state index is 6.37. The van der Waals surface area contributed by atoms with Crippen LogP contribution in [0.1, 0.15) is 43.1 Å². The van der Waals surface area contributed by atoms with E-state index in [1.165, 1.54) is 5.57 Å². The molecule has 3 aromatic heterocycles. The number of nitrogen functional groups attached to an aromatic ring is 1. The third kappa shape index (κ3) is 3.42. The van der Waals surface area contributed by atoms with Crippen molar-refractivity contribution in [1.29, 1.82) is 0 Å². The molecule has 2 aliphatic rings. The number of pyridine rings is 1. The Kier molecular flexibility index (Phi) is 4.76. The summed E-state index contributed by atoms with van der Waals surface area (Å²) in [6, 6.07) is 11.2. The summed E-state index contributed by atoms with van der Waals surface area (Å²) >= 11 is 0. The van der Waals surface area contributed by atoms with Crippen LogP contribution in [0.15, 0.2) is 61.0 Å². The van der Waals surface area contributed by atoms with Crippen molar-refractivity contribution >= 4 is 27.8 Å². The fourth-order valence-corrected chi connectivity index (χ4v) is 5.03. The number of rotatable bonds is 4. The molecule has 0 spiro atoms. The molecule has 4 aromatic rings. The number of allylic oxidation sites excluding steroid dienone is 4. The van der Waals surface area contributed by atoms with E-state index in [1.807, 2.05) is 6.20 Å². The third-order valence-electron chi connectivity index (χ3n) is 7.08.